The summed E-state index contributed by atoms with van der Waals surface area (Å²) in [4.78, 5) is 17.5. The third kappa shape index (κ3) is 5.13. The van der Waals surface area contributed by atoms with Crippen LogP contribution in [0.1, 0.15) is 48.9 Å². The lowest BCUT2D eigenvalue weighted by Crippen LogP contribution is -2.43. The summed E-state index contributed by atoms with van der Waals surface area (Å²) in [6.07, 6.45) is 2.31. The summed E-state index contributed by atoms with van der Waals surface area (Å²) in [6.45, 7) is 3.26. The van der Waals surface area contributed by atoms with Gasteiger partial charge in [-0.15, -0.1) is 11.3 Å². The van der Waals surface area contributed by atoms with E-state index in [0.29, 0.717) is 24.1 Å². The van der Waals surface area contributed by atoms with Crippen LogP contribution >= 0.6 is 22.9 Å². The fourth-order valence-electron chi connectivity index (χ4n) is 7.82. The van der Waals surface area contributed by atoms with Crippen molar-refractivity contribution in [3.05, 3.63) is 57.7 Å². The maximum atomic E-state index is 17.3. The number of ether oxygens (including phenoxy) is 2. The molecule has 0 amide bonds. The molecule has 8 rings (SSSR count). The number of nitrogens with zero attached hydrogens (tertiary/aromatic N) is 7. The Morgan fingerprint density at radius 1 is 1.20 bits per heavy atom. The van der Waals surface area contributed by atoms with Crippen LogP contribution in [0.2, 0.25) is 5.02 Å². The molecular formula is C35H29ClF3N9O2S. The Morgan fingerprint density at radius 3 is 2.80 bits per heavy atom. The van der Waals surface area contributed by atoms with Crippen LogP contribution in [0.4, 0.5) is 29.8 Å². The van der Waals surface area contributed by atoms with E-state index in [-0.39, 0.29) is 90.9 Å². The van der Waals surface area contributed by atoms with E-state index in [1.54, 1.807) is 6.07 Å². The van der Waals surface area contributed by atoms with Crippen molar-refractivity contribution in [3.63, 3.8) is 0 Å². The van der Waals surface area contributed by atoms with Crippen LogP contribution in [0.3, 0.4) is 0 Å². The molecule has 4 N–H and O–H groups in total. The molecule has 0 radical (unpaired) electrons. The molecule has 3 atom stereocenters. The summed E-state index contributed by atoms with van der Waals surface area (Å²) in [5.74, 6) is -1.02. The van der Waals surface area contributed by atoms with Crippen LogP contribution < -0.4 is 25.8 Å². The summed E-state index contributed by atoms with van der Waals surface area (Å²) >= 11 is 7.92. The zero-order valence-electron chi connectivity index (χ0n) is 27.1. The summed E-state index contributed by atoms with van der Waals surface area (Å²) in [6, 6.07) is 7.53. The van der Waals surface area contributed by atoms with Crippen molar-refractivity contribution < 1.29 is 22.6 Å². The number of nitrogen functional groups attached to an aromatic ring is 2. The van der Waals surface area contributed by atoms with Gasteiger partial charge in [-0.3, -0.25) is 4.90 Å². The molecule has 0 spiro atoms. The van der Waals surface area contributed by atoms with Crippen LogP contribution in [0.25, 0.3) is 32.1 Å². The molecule has 0 saturated carbocycles. The molecule has 260 valence electrons. The van der Waals surface area contributed by atoms with Gasteiger partial charge in [-0.25, -0.2) is 18.2 Å². The number of fused-ring (bicyclic) bond motifs is 2. The van der Waals surface area contributed by atoms with Crippen LogP contribution in [-0.2, 0) is 0 Å². The van der Waals surface area contributed by atoms with E-state index in [0.717, 1.165) is 36.8 Å². The lowest BCUT2D eigenvalue weighted by Gasteiger charge is -2.32. The van der Waals surface area contributed by atoms with Gasteiger partial charge in [-0.05, 0) is 44.0 Å². The summed E-state index contributed by atoms with van der Waals surface area (Å²) in [5.41, 5.74) is 12.4. The molecule has 11 nitrogen and oxygen atoms in total. The first-order chi connectivity index (χ1) is 24.5. The average molecular weight is 732 g/mol. The van der Waals surface area contributed by atoms with Gasteiger partial charge in [-0.1, -0.05) is 17.7 Å². The van der Waals surface area contributed by atoms with Gasteiger partial charge in [0, 0.05) is 35.7 Å². The summed E-state index contributed by atoms with van der Waals surface area (Å²) in [5, 5.41) is 19.7. The fraction of sp³-hybridized carbons (Fsp3) is 0.343. The predicted molar refractivity (Wildman–Crippen MR) is 188 cm³/mol. The Bertz CT molecular complexity index is 2360. The molecule has 3 aromatic heterocycles. The van der Waals surface area contributed by atoms with Gasteiger partial charge in [0.25, 0.3) is 0 Å². The number of hydrogen-bond donors (Lipinski definition) is 2. The molecule has 51 heavy (non-hydrogen) atoms. The molecule has 0 bridgehead atoms. The van der Waals surface area contributed by atoms with Crippen LogP contribution in [0.5, 0.6) is 11.8 Å². The maximum Gasteiger partial charge on any atom is 0.319 e. The van der Waals surface area contributed by atoms with Crippen molar-refractivity contribution in [2.24, 2.45) is 0 Å². The Hall–Kier alpha value is -5.09. The van der Waals surface area contributed by atoms with Gasteiger partial charge in [-0.2, -0.15) is 20.5 Å². The van der Waals surface area contributed by atoms with Crippen molar-refractivity contribution >= 4 is 60.6 Å². The van der Waals surface area contributed by atoms with Crippen LogP contribution in [0.15, 0.2) is 24.4 Å². The minimum Gasteiger partial charge on any atom is -0.489 e. The molecule has 5 aromatic rings. The molecule has 0 unspecified atom stereocenters. The topological polar surface area (TPSA) is 163 Å². The first kappa shape index (κ1) is 33.1. The maximum absolute atomic E-state index is 17.3. The number of thiophene rings is 1. The molecule has 2 aromatic carbocycles. The predicted octanol–water partition coefficient (Wildman–Crippen LogP) is 6.66. The van der Waals surface area contributed by atoms with Crippen molar-refractivity contribution in [2.75, 3.05) is 49.2 Å². The highest BCUT2D eigenvalue weighted by Gasteiger charge is 2.49. The zero-order valence-corrected chi connectivity index (χ0v) is 28.7. The number of alkyl halides is 1. The Balaban J connectivity index is 1.36. The van der Waals surface area contributed by atoms with Gasteiger partial charge in [0.15, 0.2) is 11.6 Å². The normalized spacial score (nSPS) is 20.5. The molecule has 3 aliphatic rings. The number of pyridine rings is 1. The quantitative estimate of drug-likeness (QED) is 0.192. The third-order valence-electron chi connectivity index (χ3n) is 10.2. The Morgan fingerprint density at radius 2 is 2.02 bits per heavy atom. The number of anilines is 3. The van der Waals surface area contributed by atoms with Gasteiger partial charge in [0.05, 0.1) is 44.4 Å². The van der Waals surface area contributed by atoms with Crippen molar-refractivity contribution in [1.82, 2.24) is 19.9 Å². The molecule has 6 heterocycles. The van der Waals surface area contributed by atoms with Crippen molar-refractivity contribution in [2.45, 2.75) is 43.9 Å². The van der Waals surface area contributed by atoms with Gasteiger partial charge >= 0.3 is 6.01 Å². The number of nitrogens with two attached hydrogens (primary N) is 2. The summed E-state index contributed by atoms with van der Waals surface area (Å²) < 4.78 is 59.5. The molecule has 2 fully saturated rings. The Kier molecular flexibility index (Phi) is 7.98. The highest BCUT2D eigenvalue weighted by molar-refractivity contribution is 7.23. The fourth-order valence-corrected chi connectivity index (χ4v) is 9.10. The monoisotopic (exact) mass is 731 g/mol. The number of halogens is 4. The molecule has 16 heteroatoms. The first-order valence-corrected chi connectivity index (χ1v) is 17.4. The standard InChI is InChI=1S/C35H29ClF3N9O2S/c1-16(20-9-17(11-40)13-44-31(20)42)48-7-8-49-29-25-28(45-34(46-33(25)48)50-15-35-5-2-6-47(35)14-18(37)10-35)27(39)24(26(29)36)19-3-4-22(38)30-23(19)21(12-41)32(43)51-30/h3-4,9,13,16,18H,2,5-8,10,14-15,43H2,1H3,(H2,42,44)/t16-,18-,35+/m1/s1. The second kappa shape index (κ2) is 12.3. The van der Waals surface area contributed by atoms with Gasteiger partial charge < -0.3 is 25.8 Å². The second-order valence-electron chi connectivity index (χ2n) is 13.0. The highest BCUT2D eigenvalue weighted by Crippen LogP contribution is 2.51. The number of rotatable bonds is 6. The summed E-state index contributed by atoms with van der Waals surface area (Å²) in [7, 11) is 0. The van der Waals surface area contributed by atoms with Crippen LogP contribution in [0, 0.1) is 34.3 Å². The van der Waals surface area contributed by atoms with E-state index in [4.69, 9.17) is 37.5 Å². The van der Waals surface area contributed by atoms with Crippen LogP contribution in [-0.4, -0.2) is 64.4 Å². The molecule has 3 aliphatic heterocycles. The zero-order chi connectivity index (χ0) is 35.8. The molecular weight excluding hydrogens is 703 g/mol. The smallest absolute Gasteiger partial charge is 0.319 e. The van der Waals surface area contributed by atoms with E-state index < -0.39 is 29.4 Å². The SMILES string of the molecule is C[C@H](c1cc(C#N)cnc1N)N1CCOc2c(Cl)c(-c3ccc(F)c4sc(N)c(C#N)c34)c(F)c3nc(OC[C@@]45CCCN4C[C@H](F)C5)nc1c23. The van der Waals surface area contributed by atoms with E-state index in [9.17, 15) is 14.9 Å². The van der Waals surface area contributed by atoms with E-state index >= 15 is 8.78 Å². The molecule has 0 aliphatic carbocycles. The average Bonchev–Trinajstić information content (AvgIpc) is 3.71. The lowest BCUT2D eigenvalue weighted by molar-refractivity contribution is 0.107. The highest BCUT2D eigenvalue weighted by atomic mass is 35.5. The molecule has 2 saturated heterocycles. The lowest BCUT2D eigenvalue weighted by atomic mass is 9.95. The number of aromatic nitrogens is 3. The Labute approximate surface area is 298 Å². The van der Waals surface area contributed by atoms with E-state index in [1.807, 2.05) is 17.9 Å². The van der Waals surface area contributed by atoms with E-state index in [1.165, 1.54) is 12.3 Å². The minimum absolute atomic E-state index is 0.00634. The van der Waals surface area contributed by atoms with Gasteiger partial charge in [0.2, 0.25) is 0 Å². The van der Waals surface area contributed by atoms with Gasteiger partial charge in [0.1, 0.15) is 59.5 Å². The second-order valence-corrected chi connectivity index (χ2v) is 14.5. The number of nitriles is 2. The number of hydrogen-bond acceptors (Lipinski definition) is 12. The van der Waals surface area contributed by atoms with E-state index in [2.05, 4.69) is 20.9 Å². The first-order valence-electron chi connectivity index (χ1n) is 16.3. The largest absolute Gasteiger partial charge is 0.489 e. The van der Waals surface area contributed by atoms with Crippen molar-refractivity contribution in [1.29, 1.82) is 10.5 Å². The van der Waals surface area contributed by atoms with Crippen molar-refractivity contribution in [3.8, 4) is 35.0 Å². The third-order valence-corrected chi connectivity index (χ3v) is 11.6. The minimum atomic E-state index is -0.991. The number of benzene rings is 2.